The van der Waals surface area contributed by atoms with Gasteiger partial charge >= 0.3 is 0 Å². The molecule has 1 atom stereocenters. The second-order valence-corrected chi connectivity index (χ2v) is 8.32. The van der Waals surface area contributed by atoms with Crippen LogP contribution in [0.1, 0.15) is 29.7 Å². The SMILES string of the molecule is COc1cccc2c(NCc3cccc(CN4CCCC(C(N)=O)C4)c3)cc(C)nc12. The molecule has 3 N–H and O–H groups in total. The number of carbonyl (C=O) groups excluding carboxylic acids is 1. The molecule has 2 aromatic carbocycles. The molecule has 0 saturated carbocycles. The van der Waals surface area contributed by atoms with Crippen LogP contribution in [-0.2, 0) is 17.9 Å². The molecule has 0 radical (unpaired) electrons. The van der Waals surface area contributed by atoms with Gasteiger partial charge in [-0.2, -0.15) is 0 Å². The first-order valence-electron chi connectivity index (χ1n) is 10.8. The van der Waals surface area contributed by atoms with E-state index in [0.29, 0.717) is 6.54 Å². The van der Waals surface area contributed by atoms with Crippen LogP contribution in [0.2, 0.25) is 0 Å². The number of pyridine rings is 1. The van der Waals surface area contributed by atoms with Crippen molar-refractivity contribution in [2.45, 2.75) is 32.9 Å². The van der Waals surface area contributed by atoms with Gasteiger partial charge in [-0.15, -0.1) is 0 Å². The second kappa shape index (κ2) is 9.35. The van der Waals surface area contributed by atoms with Crippen molar-refractivity contribution in [3.05, 3.63) is 65.4 Å². The lowest BCUT2D eigenvalue weighted by Crippen LogP contribution is -2.40. The number of primary amides is 1. The highest BCUT2D eigenvalue weighted by Crippen LogP contribution is 2.30. The van der Waals surface area contributed by atoms with Crippen LogP contribution in [0.5, 0.6) is 5.75 Å². The number of fused-ring (bicyclic) bond motifs is 1. The highest BCUT2D eigenvalue weighted by molar-refractivity contribution is 5.95. The van der Waals surface area contributed by atoms with Gasteiger partial charge in [0.25, 0.3) is 0 Å². The lowest BCUT2D eigenvalue weighted by atomic mass is 9.97. The van der Waals surface area contributed by atoms with E-state index in [1.807, 2.05) is 19.1 Å². The molecule has 2 heterocycles. The van der Waals surface area contributed by atoms with E-state index in [-0.39, 0.29) is 11.8 Å². The Labute approximate surface area is 183 Å². The van der Waals surface area contributed by atoms with Crippen LogP contribution in [0.3, 0.4) is 0 Å². The Morgan fingerprint density at radius 2 is 2.03 bits per heavy atom. The van der Waals surface area contributed by atoms with E-state index in [2.05, 4.69) is 51.6 Å². The van der Waals surface area contributed by atoms with Crippen molar-refractivity contribution >= 4 is 22.5 Å². The van der Waals surface area contributed by atoms with E-state index in [0.717, 1.165) is 60.5 Å². The molecule has 3 aromatic rings. The average molecular weight is 419 g/mol. The van der Waals surface area contributed by atoms with Gasteiger partial charge in [0.2, 0.25) is 5.91 Å². The number of methoxy groups -OCH3 is 1. The maximum Gasteiger partial charge on any atom is 0.221 e. The van der Waals surface area contributed by atoms with Crippen LogP contribution < -0.4 is 15.8 Å². The summed E-state index contributed by atoms with van der Waals surface area (Å²) in [5.41, 5.74) is 10.9. The Kier molecular flexibility index (Phi) is 6.37. The molecule has 1 aliphatic heterocycles. The number of amides is 1. The van der Waals surface area contributed by atoms with Crippen LogP contribution in [0, 0.1) is 12.8 Å². The number of aromatic nitrogens is 1. The van der Waals surface area contributed by atoms with E-state index < -0.39 is 0 Å². The van der Waals surface area contributed by atoms with Gasteiger partial charge in [0.1, 0.15) is 11.3 Å². The van der Waals surface area contributed by atoms with Gasteiger partial charge in [0.05, 0.1) is 13.0 Å². The maximum atomic E-state index is 11.6. The molecule has 6 heteroatoms. The van der Waals surface area contributed by atoms with Crippen molar-refractivity contribution in [3.8, 4) is 5.75 Å². The lowest BCUT2D eigenvalue weighted by molar-refractivity contribution is -0.123. The van der Waals surface area contributed by atoms with Crippen molar-refractivity contribution in [2.24, 2.45) is 11.7 Å². The number of carbonyl (C=O) groups is 1. The molecule has 1 unspecified atom stereocenters. The number of benzene rings is 2. The molecular formula is C25H30N4O2. The molecule has 1 saturated heterocycles. The van der Waals surface area contributed by atoms with Gasteiger partial charge in [0, 0.05) is 36.4 Å². The van der Waals surface area contributed by atoms with E-state index in [1.54, 1.807) is 7.11 Å². The Morgan fingerprint density at radius 3 is 2.84 bits per heavy atom. The third kappa shape index (κ3) is 4.97. The molecule has 1 aromatic heterocycles. The predicted molar refractivity (Wildman–Crippen MR) is 124 cm³/mol. The molecular weight excluding hydrogens is 388 g/mol. The number of ether oxygens (including phenoxy) is 1. The van der Waals surface area contributed by atoms with Crippen LogP contribution in [0.25, 0.3) is 10.9 Å². The molecule has 0 bridgehead atoms. The Balaban J connectivity index is 1.47. The number of hydrogen-bond acceptors (Lipinski definition) is 5. The summed E-state index contributed by atoms with van der Waals surface area (Å²) in [6, 6.07) is 16.7. The van der Waals surface area contributed by atoms with Gasteiger partial charge in [-0.05, 0) is 49.6 Å². The van der Waals surface area contributed by atoms with Gasteiger partial charge in [-0.3, -0.25) is 9.69 Å². The molecule has 31 heavy (non-hydrogen) atoms. The topological polar surface area (TPSA) is 80.5 Å². The summed E-state index contributed by atoms with van der Waals surface area (Å²) in [6.45, 7) is 5.31. The minimum Gasteiger partial charge on any atom is -0.494 e. The fourth-order valence-electron chi connectivity index (χ4n) is 4.39. The molecule has 0 aliphatic carbocycles. The third-order valence-electron chi connectivity index (χ3n) is 5.94. The van der Waals surface area contributed by atoms with Crippen LogP contribution in [0.15, 0.2) is 48.5 Å². The number of hydrogen-bond donors (Lipinski definition) is 2. The number of nitrogens with two attached hydrogens (primary N) is 1. The Hall–Kier alpha value is -3.12. The summed E-state index contributed by atoms with van der Waals surface area (Å²) in [7, 11) is 1.67. The van der Waals surface area contributed by atoms with Crippen molar-refractivity contribution in [3.63, 3.8) is 0 Å². The summed E-state index contributed by atoms with van der Waals surface area (Å²) in [4.78, 5) is 18.5. The quantitative estimate of drug-likeness (QED) is 0.609. The van der Waals surface area contributed by atoms with Gasteiger partial charge in [-0.25, -0.2) is 4.98 Å². The first-order chi connectivity index (χ1) is 15.0. The van der Waals surface area contributed by atoms with Gasteiger partial charge < -0.3 is 15.8 Å². The highest BCUT2D eigenvalue weighted by Gasteiger charge is 2.23. The number of likely N-dealkylation sites (tertiary alicyclic amines) is 1. The number of para-hydroxylation sites is 1. The molecule has 1 aliphatic rings. The molecule has 6 nitrogen and oxygen atoms in total. The molecule has 1 fully saturated rings. The fraction of sp³-hybridized carbons (Fsp3) is 0.360. The molecule has 0 spiro atoms. The monoisotopic (exact) mass is 418 g/mol. The summed E-state index contributed by atoms with van der Waals surface area (Å²) in [5.74, 6) is 0.569. The largest absolute Gasteiger partial charge is 0.494 e. The normalized spacial score (nSPS) is 16.9. The van der Waals surface area contributed by atoms with Crippen LogP contribution in [0.4, 0.5) is 5.69 Å². The number of piperidine rings is 1. The zero-order valence-electron chi connectivity index (χ0n) is 18.2. The van der Waals surface area contributed by atoms with Crippen molar-refractivity contribution < 1.29 is 9.53 Å². The molecule has 162 valence electrons. The lowest BCUT2D eigenvalue weighted by Gasteiger charge is -2.31. The van der Waals surface area contributed by atoms with Crippen molar-refractivity contribution in [2.75, 3.05) is 25.5 Å². The summed E-state index contributed by atoms with van der Waals surface area (Å²) >= 11 is 0. The van der Waals surface area contributed by atoms with E-state index in [1.165, 1.54) is 11.1 Å². The first kappa shape index (κ1) is 21.1. The van der Waals surface area contributed by atoms with Gasteiger partial charge in [-0.1, -0.05) is 36.4 Å². The Bertz CT molecular complexity index is 1080. The maximum absolute atomic E-state index is 11.6. The van der Waals surface area contributed by atoms with Gasteiger partial charge in [0.15, 0.2) is 0 Å². The zero-order valence-corrected chi connectivity index (χ0v) is 18.2. The second-order valence-electron chi connectivity index (χ2n) is 8.32. The first-order valence-corrected chi connectivity index (χ1v) is 10.8. The van der Waals surface area contributed by atoms with E-state index in [4.69, 9.17) is 10.5 Å². The van der Waals surface area contributed by atoms with E-state index in [9.17, 15) is 4.79 Å². The number of nitrogens with one attached hydrogen (secondary N) is 1. The minimum atomic E-state index is -0.181. The van der Waals surface area contributed by atoms with Crippen molar-refractivity contribution in [1.29, 1.82) is 0 Å². The highest BCUT2D eigenvalue weighted by atomic mass is 16.5. The van der Waals surface area contributed by atoms with E-state index >= 15 is 0 Å². The number of rotatable bonds is 7. The fourth-order valence-corrected chi connectivity index (χ4v) is 4.39. The number of aryl methyl sites for hydroxylation is 1. The number of nitrogens with zero attached hydrogens (tertiary/aromatic N) is 2. The minimum absolute atomic E-state index is 0.0289. The van der Waals surface area contributed by atoms with Crippen LogP contribution >= 0.6 is 0 Å². The third-order valence-corrected chi connectivity index (χ3v) is 5.94. The zero-order chi connectivity index (χ0) is 21.8. The van der Waals surface area contributed by atoms with Crippen LogP contribution in [-0.4, -0.2) is 36.0 Å². The predicted octanol–water partition coefficient (Wildman–Crippen LogP) is 3.86. The number of anilines is 1. The molecule has 4 rings (SSSR count). The molecule has 1 amide bonds. The Morgan fingerprint density at radius 1 is 1.23 bits per heavy atom. The summed E-state index contributed by atoms with van der Waals surface area (Å²) in [6.07, 6.45) is 1.92. The smallest absolute Gasteiger partial charge is 0.221 e. The average Bonchev–Trinajstić information content (AvgIpc) is 2.77. The summed E-state index contributed by atoms with van der Waals surface area (Å²) in [5, 5.41) is 4.63. The van der Waals surface area contributed by atoms with Crippen molar-refractivity contribution in [1.82, 2.24) is 9.88 Å². The standard InChI is InChI=1S/C25H30N4O2/c1-17-12-22(21-9-4-10-23(31-2)24(21)28-17)27-14-18-6-3-7-19(13-18)15-29-11-5-8-20(16-29)25(26)30/h3-4,6-7,9-10,12-13,20H,5,8,11,14-16H2,1-2H3,(H2,26,30)(H,27,28). The summed E-state index contributed by atoms with van der Waals surface area (Å²) < 4.78 is 5.49.